The number of aryl methyl sites for hydroxylation is 1. The summed E-state index contributed by atoms with van der Waals surface area (Å²) in [6, 6.07) is 16.4. The van der Waals surface area contributed by atoms with Gasteiger partial charge >= 0.3 is 0 Å². The van der Waals surface area contributed by atoms with Crippen molar-refractivity contribution in [3.05, 3.63) is 65.7 Å². The summed E-state index contributed by atoms with van der Waals surface area (Å²) in [7, 11) is 0. The number of tetrazole rings is 1. The molecule has 0 unspecified atom stereocenters. The van der Waals surface area contributed by atoms with Gasteiger partial charge in [-0.25, -0.2) is 0 Å². The van der Waals surface area contributed by atoms with Crippen LogP contribution in [-0.2, 0) is 6.42 Å². The highest BCUT2D eigenvalue weighted by Crippen LogP contribution is 2.26. The Hall–Kier alpha value is -2.95. The monoisotopic (exact) mass is 348 g/mol. The normalized spacial score (nSPS) is 11.1. The number of hydrogen-bond donors (Lipinski definition) is 1. The van der Waals surface area contributed by atoms with Crippen molar-refractivity contribution in [3.63, 3.8) is 0 Å². The highest BCUT2D eigenvalue weighted by atomic mass is 16.5. The van der Waals surface area contributed by atoms with Crippen LogP contribution < -0.4 is 4.74 Å². The Balaban J connectivity index is 1.54. The summed E-state index contributed by atoms with van der Waals surface area (Å²) in [6.07, 6.45) is 9.07. The minimum Gasteiger partial charge on any atom is -0.489 e. The number of rotatable bonds is 9. The molecule has 0 spiro atoms. The number of unbranched alkanes of at least 4 members (excludes halogenated alkanes) is 2. The van der Waals surface area contributed by atoms with Gasteiger partial charge in [0.15, 0.2) is 0 Å². The number of para-hydroxylation sites is 1. The molecular formula is C21H24N4O. The van der Waals surface area contributed by atoms with E-state index >= 15 is 0 Å². The van der Waals surface area contributed by atoms with Gasteiger partial charge in [-0.1, -0.05) is 62.2 Å². The first-order valence-corrected chi connectivity index (χ1v) is 9.08. The summed E-state index contributed by atoms with van der Waals surface area (Å²) >= 11 is 0. The molecule has 1 aromatic heterocycles. The summed E-state index contributed by atoms with van der Waals surface area (Å²) in [5.74, 6) is 1.27. The average Bonchev–Trinajstić information content (AvgIpc) is 3.21. The molecule has 0 radical (unpaired) electrons. The van der Waals surface area contributed by atoms with Crippen LogP contribution in [0.2, 0.25) is 0 Å². The highest BCUT2D eigenvalue weighted by molar-refractivity contribution is 5.63. The Morgan fingerprint density at radius 3 is 2.65 bits per heavy atom. The van der Waals surface area contributed by atoms with Gasteiger partial charge in [0.2, 0.25) is 5.82 Å². The smallest absolute Gasteiger partial charge is 0.208 e. The van der Waals surface area contributed by atoms with Gasteiger partial charge in [-0.3, -0.25) is 0 Å². The van der Waals surface area contributed by atoms with E-state index in [1.165, 1.54) is 30.4 Å². The Morgan fingerprint density at radius 1 is 1.04 bits per heavy atom. The van der Waals surface area contributed by atoms with Crippen LogP contribution in [0, 0.1) is 0 Å². The lowest BCUT2D eigenvalue weighted by Crippen LogP contribution is -1.96. The minimum absolute atomic E-state index is 0.479. The van der Waals surface area contributed by atoms with Crippen LogP contribution in [0.1, 0.15) is 37.3 Å². The van der Waals surface area contributed by atoms with E-state index in [0.29, 0.717) is 12.4 Å². The Kier molecular flexibility index (Phi) is 6.53. The predicted octanol–water partition coefficient (Wildman–Crippen LogP) is 4.69. The van der Waals surface area contributed by atoms with Gasteiger partial charge in [0.1, 0.15) is 12.4 Å². The van der Waals surface area contributed by atoms with Crippen LogP contribution in [0.4, 0.5) is 0 Å². The van der Waals surface area contributed by atoms with Gasteiger partial charge in [-0.2, -0.15) is 5.21 Å². The second-order valence-corrected chi connectivity index (χ2v) is 6.14. The zero-order valence-corrected chi connectivity index (χ0v) is 15.1. The van der Waals surface area contributed by atoms with Crippen molar-refractivity contribution in [1.82, 2.24) is 20.6 Å². The SMILES string of the molecule is CCCCCc1ccc(/C=C/COc2ccccc2-c2nn[nH]n2)cc1. The molecule has 0 amide bonds. The molecule has 1 heterocycles. The lowest BCUT2D eigenvalue weighted by atomic mass is 10.1. The number of nitrogens with one attached hydrogen (secondary N) is 1. The molecule has 3 aromatic rings. The first kappa shape index (κ1) is 17.9. The van der Waals surface area contributed by atoms with Crippen molar-refractivity contribution in [2.24, 2.45) is 0 Å². The fourth-order valence-corrected chi connectivity index (χ4v) is 2.75. The first-order valence-electron chi connectivity index (χ1n) is 9.08. The average molecular weight is 348 g/mol. The third-order valence-electron chi connectivity index (χ3n) is 4.17. The van der Waals surface area contributed by atoms with Gasteiger partial charge in [0.25, 0.3) is 0 Å². The Labute approximate surface area is 154 Å². The third-order valence-corrected chi connectivity index (χ3v) is 4.17. The molecule has 0 aliphatic carbocycles. The van der Waals surface area contributed by atoms with Crippen LogP contribution in [0.15, 0.2) is 54.6 Å². The van der Waals surface area contributed by atoms with Crippen molar-refractivity contribution in [2.45, 2.75) is 32.6 Å². The van der Waals surface area contributed by atoms with Gasteiger partial charge < -0.3 is 4.74 Å². The van der Waals surface area contributed by atoms with Crippen molar-refractivity contribution in [2.75, 3.05) is 6.61 Å². The molecule has 0 aliphatic heterocycles. The van der Waals surface area contributed by atoms with E-state index < -0.39 is 0 Å². The van der Waals surface area contributed by atoms with Gasteiger partial charge in [0, 0.05) is 0 Å². The first-order chi connectivity index (χ1) is 12.9. The molecule has 5 nitrogen and oxygen atoms in total. The number of hydrogen-bond acceptors (Lipinski definition) is 4. The fourth-order valence-electron chi connectivity index (χ4n) is 2.75. The number of ether oxygens (including phenoxy) is 1. The standard InChI is InChI=1S/C21H24N4O/c1-2-3-4-8-17-12-14-18(15-13-17)9-7-16-26-20-11-6-5-10-19(20)21-22-24-25-23-21/h5-7,9-15H,2-4,8,16H2,1H3,(H,22,23,24,25)/b9-7+. The molecule has 26 heavy (non-hydrogen) atoms. The van der Waals surface area contributed by atoms with E-state index in [0.717, 1.165) is 17.7 Å². The van der Waals surface area contributed by atoms with Crippen LogP contribution in [0.5, 0.6) is 5.75 Å². The molecule has 0 fully saturated rings. The second-order valence-electron chi connectivity index (χ2n) is 6.14. The molecule has 134 valence electrons. The second kappa shape index (κ2) is 9.51. The van der Waals surface area contributed by atoms with Crippen LogP contribution in [0.25, 0.3) is 17.5 Å². The number of H-pyrrole nitrogens is 1. The number of aromatic amines is 1. The molecule has 0 saturated heterocycles. The molecule has 0 aliphatic rings. The molecule has 0 atom stereocenters. The van der Waals surface area contributed by atoms with Crippen LogP contribution in [0.3, 0.4) is 0 Å². The largest absolute Gasteiger partial charge is 0.489 e. The maximum absolute atomic E-state index is 5.86. The lowest BCUT2D eigenvalue weighted by molar-refractivity contribution is 0.365. The van der Waals surface area contributed by atoms with Crippen LogP contribution in [-0.4, -0.2) is 27.2 Å². The quantitative estimate of drug-likeness (QED) is 0.570. The summed E-state index contributed by atoms with van der Waals surface area (Å²) < 4.78 is 5.86. The van der Waals surface area contributed by atoms with E-state index in [2.05, 4.69) is 57.9 Å². The van der Waals surface area contributed by atoms with Gasteiger partial charge in [0.05, 0.1) is 5.56 Å². The summed E-state index contributed by atoms with van der Waals surface area (Å²) in [5, 5.41) is 14.1. The van der Waals surface area contributed by atoms with Crippen molar-refractivity contribution < 1.29 is 4.74 Å². The number of aromatic nitrogens is 4. The van der Waals surface area contributed by atoms with Crippen molar-refractivity contribution in [1.29, 1.82) is 0 Å². The highest BCUT2D eigenvalue weighted by Gasteiger charge is 2.08. The zero-order valence-electron chi connectivity index (χ0n) is 15.1. The Morgan fingerprint density at radius 2 is 1.88 bits per heavy atom. The molecule has 3 rings (SSSR count). The summed E-state index contributed by atoms with van der Waals surface area (Å²) in [4.78, 5) is 0. The van der Waals surface area contributed by atoms with Gasteiger partial charge in [-0.15, -0.1) is 10.2 Å². The maximum atomic E-state index is 5.86. The summed E-state index contributed by atoms with van der Waals surface area (Å²) in [6.45, 7) is 2.71. The van der Waals surface area contributed by atoms with E-state index in [1.807, 2.05) is 30.3 Å². The molecule has 0 bridgehead atoms. The van der Waals surface area contributed by atoms with E-state index in [9.17, 15) is 0 Å². The van der Waals surface area contributed by atoms with E-state index in [1.54, 1.807) is 0 Å². The lowest BCUT2D eigenvalue weighted by Gasteiger charge is -2.07. The topological polar surface area (TPSA) is 63.7 Å². The third kappa shape index (κ3) is 5.02. The molecular weight excluding hydrogens is 324 g/mol. The summed E-state index contributed by atoms with van der Waals surface area (Å²) in [5.41, 5.74) is 3.41. The zero-order chi connectivity index (χ0) is 18.0. The Bertz CT molecular complexity index is 810. The fraction of sp³-hybridized carbons (Fsp3) is 0.286. The maximum Gasteiger partial charge on any atom is 0.208 e. The van der Waals surface area contributed by atoms with Crippen LogP contribution >= 0.6 is 0 Å². The predicted molar refractivity (Wildman–Crippen MR) is 104 cm³/mol. The minimum atomic E-state index is 0.479. The van der Waals surface area contributed by atoms with Crippen molar-refractivity contribution >= 4 is 6.08 Å². The number of benzene rings is 2. The molecule has 0 saturated carbocycles. The molecule has 2 aromatic carbocycles. The number of nitrogens with zero attached hydrogens (tertiary/aromatic N) is 3. The molecule has 1 N–H and O–H groups in total. The van der Waals surface area contributed by atoms with E-state index in [4.69, 9.17) is 4.74 Å². The van der Waals surface area contributed by atoms with Crippen molar-refractivity contribution in [3.8, 4) is 17.1 Å². The van der Waals surface area contributed by atoms with Gasteiger partial charge in [-0.05, 0) is 47.4 Å². The molecule has 5 heteroatoms. The van der Waals surface area contributed by atoms with E-state index in [-0.39, 0.29) is 0 Å².